The van der Waals surface area contributed by atoms with Crippen molar-refractivity contribution in [1.82, 2.24) is 5.32 Å². The Kier molecular flexibility index (Phi) is 7.37. The van der Waals surface area contributed by atoms with Gasteiger partial charge in [-0.05, 0) is 37.5 Å². The van der Waals surface area contributed by atoms with Crippen LogP contribution in [0.5, 0.6) is 0 Å². The van der Waals surface area contributed by atoms with Crippen LogP contribution in [0.25, 0.3) is 0 Å². The van der Waals surface area contributed by atoms with Gasteiger partial charge in [0.25, 0.3) is 0 Å². The minimum atomic E-state index is 0.146. The maximum atomic E-state index is 11.8. The van der Waals surface area contributed by atoms with Gasteiger partial charge in [-0.2, -0.15) is 0 Å². The molecule has 0 aromatic rings. The molecule has 1 saturated heterocycles. The molecule has 0 aromatic heterocycles. The standard InChI is InChI=1S/C15H28BrNO2/c1-15(2,3)10-12(16)11-17-14(18)8-7-13-6-4-5-9-19-13/h12-13H,4-11H2,1-3H3,(H,17,18). The minimum absolute atomic E-state index is 0.146. The van der Waals surface area contributed by atoms with Crippen molar-refractivity contribution in [3.63, 3.8) is 0 Å². The molecule has 3 nitrogen and oxygen atoms in total. The third-order valence-corrected chi connectivity index (χ3v) is 3.97. The van der Waals surface area contributed by atoms with Gasteiger partial charge in [-0.3, -0.25) is 4.79 Å². The lowest BCUT2D eigenvalue weighted by molar-refractivity contribution is -0.122. The molecule has 0 bridgehead atoms. The van der Waals surface area contributed by atoms with Crippen molar-refractivity contribution >= 4 is 21.8 Å². The molecule has 0 aliphatic carbocycles. The summed E-state index contributed by atoms with van der Waals surface area (Å²) in [5, 5.41) is 3.00. The van der Waals surface area contributed by atoms with Gasteiger partial charge in [0.15, 0.2) is 0 Å². The predicted octanol–water partition coefficient (Wildman–Crippen LogP) is 3.65. The first kappa shape index (κ1) is 17.0. The van der Waals surface area contributed by atoms with Crippen LogP contribution in [0.4, 0.5) is 0 Å². The Labute approximate surface area is 126 Å². The molecule has 19 heavy (non-hydrogen) atoms. The first-order chi connectivity index (χ1) is 8.87. The number of nitrogens with one attached hydrogen (secondary N) is 1. The molecule has 0 radical (unpaired) electrons. The molecule has 1 amide bonds. The second-order valence-corrected chi connectivity index (χ2v) is 7.99. The molecular formula is C15H28BrNO2. The lowest BCUT2D eigenvalue weighted by atomic mass is 9.90. The van der Waals surface area contributed by atoms with E-state index in [0.29, 0.717) is 23.9 Å². The number of carbonyl (C=O) groups excluding carboxylic acids is 1. The molecule has 2 atom stereocenters. The van der Waals surface area contributed by atoms with Gasteiger partial charge in [0.1, 0.15) is 0 Å². The average molecular weight is 334 g/mol. The van der Waals surface area contributed by atoms with Gasteiger partial charge in [0.2, 0.25) is 5.91 Å². The Morgan fingerprint density at radius 1 is 1.42 bits per heavy atom. The second-order valence-electron chi connectivity index (χ2n) is 6.69. The summed E-state index contributed by atoms with van der Waals surface area (Å²) in [7, 11) is 0. The van der Waals surface area contributed by atoms with Crippen molar-refractivity contribution in [2.45, 2.75) is 70.2 Å². The molecule has 0 spiro atoms. The number of hydrogen-bond acceptors (Lipinski definition) is 2. The smallest absolute Gasteiger partial charge is 0.220 e. The summed E-state index contributed by atoms with van der Waals surface area (Å²) < 4.78 is 5.63. The number of alkyl halides is 1. The number of halogens is 1. The first-order valence-electron chi connectivity index (χ1n) is 7.39. The average Bonchev–Trinajstić information content (AvgIpc) is 2.33. The molecule has 1 rings (SSSR count). The van der Waals surface area contributed by atoms with E-state index in [2.05, 4.69) is 42.0 Å². The Hall–Kier alpha value is -0.0900. The van der Waals surface area contributed by atoms with Crippen molar-refractivity contribution < 1.29 is 9.53 Å². The topological polar surface area (TPSA) is 38.3 Å². The van der Waals surface area contributed by atoms with E-state index >= 15 is 0 Å². The number of rotatable bonds is 6. The quantitative estimate of drug-likeness (QED) is 0.753. The van der Waals surface area contributed by atoms with Crippen molar-refractivity contribution in [1.29, 1.82) is 0 Å². The molecule has 1 fully saturated rings. The van der Waals surface area contributed by atoms with Crippen LogP contribution < -0.4 is 5.32 Å². The lowest BCUT2D eigenvalue weighted by Crippen LogP contribution is -2.32. The van der Waals surface area contributed by atoms with Crippen LogP contribution in [0, 0.1) is 5.41 Å². The summed E-state index contributed by atoms with van der Waals surface area (Å²) in [6.07, 6.45) is 6.31. The highest BCUT2D eigenvalue weighted by Crippen LogP contribution is 2.24. The van der Waals surface area contributed by atoms with Crippen molar-refractivity contribution in [3.8, 4) is 0 Å². The monoisotopic (exact) mass is 333 g/mol. The van der Waals surface area contributed by atoms with Crippen LogP contribution >= 0.6 is 15.9 Å². The highest BCUT2D eigenvalue weighted by atomic mass is 79.9. The summed E-state index contributed by atoms with van der Waals surface area (Å²) in [4.78, 5) is 12.1. The fourth-order valence-corrected chi connectivity index (χ4v) is 3.51. The fraction of sp³-hybridized carbons (Fsp3) is 0.933. The highest BCUT2D eigenvalue weighted by molar-refractivity contribution is 9.09. The Balaban J connectivity index is 2.10. The molecule has 1 N–H and O–H groups in total. The highest BCUT2D eigenvalue weighted by Gasteiger charge is 2.18. The van der Waals surface area contributed by atoms with Crippen LogP contribution in [0.15, 0.2) is 0 Å². The predicted molar refractivity (Wildman–Crippen MR) is 82.6 cm³/mol. The van der Waals surface area contributed by atoms with Crippen LogP contribution in [0.3, 0.4) is 0 Å². The zero-order chi connectivity index (χ0) is 14.3. The summed E-state index contributed by atoms with van der Waals surface area (Å²) in [6.45, 7) is 8.21. The van der Waals surface area contributed by atoms with Gasteiger partial charge >= 0.3 is 0 Å². The molecule has 1 heterocycles. The first-order valence-corrected chi connectivity index (χ1v) is 8.31. The molecule has 0 aromatic carbocycles. The van der Waals surface area contributed by atoms with E-state index in [1.165, 1.54) is 12.8 Å². The number of carbonyl (C=O) groups is 1. The van der Waals surface area contributed by atoms with Gasteiger partial charge in [-0.25, -0.2) is 0 Å². The Morgan fingerprint density at radius 3 is 2.74 bits per heavy atom. The van der Waals surface area contributed by atoms with Crippen LogP contribution in [-0.2, 0) is 9.53 Å². The maximum absolute atomic E-state index is 11.8. The Bertz CT molecular complexity index is 270. The van der Waals surface area contributed by atoms with Crippen LogP contribution in [0.1, 0.15) is 59.3 Å². The summed E-state index contributed by atoms with van der Waals surface area (Å²) in [6, 6.07) is 0. The van der Waals surface area contributed by atoms with Crippen LogP contribution in [0.2, 0.25) is 0 Å². The van der Waals surface area contributed by atoms with Crippen molar-refractivity contribution in [2.75, 3.05) is 13.2 Å². The lowest BCUT2D eigenvalue weighted by Gasteiger charge is -2.23. The molecule has 1 aliphatic heterocycles. The number of ether oxygens (including phenoxy) is 1. The van der Waals surface area contributed by atoms with Gasteiger partial charge < -0.3 is 10.1 Å². The van der Waals surface area contributed by atoms with E-state index in [1.54, 1.807) is 0 Å². The van der Waals surface area contributed by atoms with Gasteiger partial charge in [0, 0.05) is 24.4 Å². The molecule has 0 saturated carbocycles. The number of hydrogen-bond donors (Lipinski definition) is 1. The SMILES string of the molecule is CC(C)(C)CC(Br)CNC(=O)CCC1CCCCO1. The van der Waals surface area contributed by atoms with Crippen molar-refractivity contribution in [2.24, 2.45) is 5.41 Å². The van der Waals surface area contributed by atoms with E-state index < -0.39 is 0 Å². The number of amides is 1. The van der Waals surface area contributed by atoms with Gasteiger partial charge in [-0.15, -0.1) is 0 Å². The summed E-state index contributed by atoms with van der Waals surface area (Å²) >= 11 is 3.63. The second kappa shape index (κ2) is 8.25. The molecule has 4 heteroatoms. The largest absolute Gasteiger partial charge is 0.378 e. The summed E-state index contributed by atoms with van der Waals surface area (Å²) in [5.41, 5.74) is 0.287. The maximum Gasteiger partial charge on any atom is 0.220 e. The molecule has 1 aliphatic rings. The zero-order valence-electron chi connectivity index (χ0n) is 12.5. The van der Waals surface area contributed by atoms with E-state index in [-0.39, 0.29) is 11.3 Å². The molecule has 112 valence electrons. The normalized spacial score (nSPS) is 22.0. The van der Waals surface area contributed by atoms with E-state index in [4.69, 9.17) is 4.74 Å². The third kappa shape index (κ3) is 8.64. The summed E-state index contributed by atoms with van der Waals surface area (Å²) in [5.74, 6) is 0.146. The third-order valence-electron chi connectivity index (χ3n) is 3.32. The van der Waals surface area contributed by atoms with Crippen molar-refractivity contribution in [3.05, 3.63) is 0 Å². The van der Waals surface area contributed by atoms with Crippen LogP contribution in [-0.4, -0.2) is 30.0 Å². The van der Waals surface area contributed by atoms with E-state index in [0.717, 1.165) is 25.9 Å². The van der Waals surface area contributed by atoms with E-state index in [9.17, 15) is 4.79 Å². The Morgan fingerprint density at radius 2 is 2.16 bits per heavy atom. The molecule has 2 unspecified atom stereocenters. The van der Waals surface area contributed by atoms with E-state index in [1.807, 2.05) is 0 Å². The zero-order valence-corrected chi connectivity index (χ0v) is 14.1. The van der Waals surface area contributed by atoms with Gasteiger partial charge in [-0.1, -0.05) is 36.7 Å². The molecular weight excluding hydrogens is 306 g/mol. The minimum Gasteiger partial charge on any atom is -0.378 e. The fourth-order valence-electron chi connectivity index (χ4n) is 2.38. The van der Waals surface area contributed by atoms with Gasteiger partial charge in [0.05, 0.1) is 6.10 Å².